The largest absolute Gasteiger partial charge is 0.465 e. The average Bonchev–Trinajstić information content (AvgIpc) is 2.45. The molecular formula is C9H8ClNO3. The van der Waals surface area contributed by atoms with Gasteiger partial charge in [-0.05, 0) is 11.6 Å². The number of rotatable bonds is 0. The maximum atomic E-state index is 11.4. The highest BCUT2D eigenvalue weighted by Gasteiger charge is 2.31. The number of hydrogen-bond acceptors (Lipinski definition) is 2. The highest BCUT2D eigenvalue weighted by atomic mass is 35.5. The fourth-order valence-corrected chi connectivity index (χ4v) is 1.41. The second-order valence-electron chi connectivity index (χ2n) is 2.83. The Bertz CT molecular complexity index is 391. The maximum absolute atomic E-state index is 11.4. The van der Waals surface area contributed by atoms with E-state index in [2.05, 4.69) is 0 Å². The summed E-state index contributed by atoms with van der Waals surface area (Å²) < 4.78 is 0. The van der Waals surface area contributed by atoms with E-state index < -0.39 is 12.0 Å². The van der Waals surface area contributed by atoms with E-state index in [0.717, 1.165) is 10.5 Å². The lowest BCUT2D eigenvalue weighted by molar-refractivity contribution is 0.0764. The van der Waals surface area contributed by atoms with Crippen molar-refractivity contribution in [3.05, 3.63) is 35.4 Å². The Kier molecular flexibility index (Phi) is 2.76. The van der Waals surface area contributed by atoms with E-state index in [1.165, 1.54) is 0 Å². The van der Waals surface area contributed by atoms with Crippen molar-refractivity contribution in [2.24, 2.45) is 0 Å². The summed E-state index contributed by atoms with van der Waals surface area (Å²) in [4.78, 5) is 22.8. The fourth-order valence-electron chi connectivity index (χ4n) is 1.41. The number of nitrogens with zero attached hydrogens (tertiary/aromatic N) is 1. The molecule has 1 heterocycles. The predicted octanol–water partition coefficient (Wildman–Crippen LogP) is 1.74. The summed E-state index contributed by atoms with van der Waals surface area (Å²) in [7, 11) is 0. The summed E-state index contributed by atoms with van der Waals surface area (Å²) >= 11 is 0. The molecule has 1 aliphatic rings. The zero-order valence-electron chi connectivity index (χ0n) is 7.14. The zero-order valence-corrected chi connectivity index (χ0v) is 7.95. The van der Waals surface area contributed by atoms with Gasteiger partial charge in [-0.25, -0.2) is 9.69 Å². The van der Waals surface area contributed by atoms with Crippen LogP contribution in [0.4, 0.5) is 4.79 Å². The van der Waals surface area contributed by atoms with Crippen LogP contribution in [-0.4, -0.2) is 22.0 Å². The summed E-state index contributed by atoms with van der Waals surface area (Å²) in [5, 5.41) is 8.66. The summed E-state index contributed by atoms with van der Waals surface area (Å²) in [5.74, 6) is -0.428. The Morgan fingerprint density at radius 1 is 1.36 bits per heavy atom. The van der Waals surface area contributed by atoms with Crippen molar-refractivity contribution in [3.63, 3.8) is 0 Å². The van der Waals surface area contributed by atoms with Gasteiger partial charge in [0.05, 0.1) is 6.54 Å². The molecule has 0 unspecified atom stereocenters. The molecular weight excluding hydrogens is 206 g/mol. The standard InChI is InChI=1S/C9H7NO3.ClH/c11-8-7-4-2-1-3-6(7)5-10(8)9(12)13;/h1-4H,5H2,(H,12,13);1H. The quantitative estimate of drug-likeness (QED) is 0.714. The normalized spacial score (nSPS) is 13.4. The molecule has 0 spiro atoms. The second kappa shape index (κ2) is 3.67. The fraction of sp³-hybridized carbons (Fsp3) is 0.111. The summed E-state index contributed by atoms with van der Waals surface area (Å²) in [6, 6.07) is 6.91. The van der Waals surface area contributed by atoms with E-state index >= 15 is 0 Å². The number of halogens is 1. The molecule has 14 heavy (non-hydrogen) atoms. The van der Waals surface area contributed by atoms with E-state index in [1.54, 1.807) is 24.3 Å². The number of fused-ring (bicyclic) bond motifs is 1. The average molecular weight is 214 g/mol. The molecule has 1 aromatic carbocycles. The third kappa shape index (κ3) is 1.44. The molecule has 2 rings (SSSR count). The smallest absolute Gasteiger partial charge is 0.414 e. The van der Waals surface area contributed by atoms with Crippen LogP contribution in [0.5, 0.6) is 0 Å². The number of carbonyl (C=O) groups excluding carboxylic acids is 1. The molecule has 0 bridgehead atoms. The van der Waals surface area contributed by atoms with Crippen molar-refractivity contribution in [3.8, 4) is 0 Å². The summed E-state index contributed by atoms with van der Waals surface area (Å²) in [6.07, 6.45) is -1.19. The molecule has 1 N–H and O–H groups in total. The van der Waals surface area contributed by atoms with Crippen molar-refractivity contribution in [2.75, 3.05) is 0 Å². The van der Waals surface area contributed by atoms with Crippen molar-refractivity contribution in [2.45, 2.75) is 6.54 Å². The Balaban J connectivity index is 0.000000980. The zero-order chi connectivity index (χ0) is 9.42. The molecule has 5 heteroatoms. The van der Waals surface area contributed by atoms with Gasteiger partial charge >= 0.3 is 6.09 Å². The summed E-state index contributed by atoms with van der Waals surface area (Å²) in [6.45, 7) is 0.171. The maximum Gasteiger partial charge on any atom is 0.414 e. The van der Waals surface area contributed by atoms with Gasteiger partial charge in [0.2, 0.25) is 0 Å². The highest BCUT2D eigenvalue weighted by Crippen LogP contribution is 2.21. The van der Waals surface area contributed by atoms with Crippen molar-refractivity contribution in [1.82, 2.24) is 4.90 Å². The van der Waals surface area contributed by atoms with E-state index in [0.29, 0.717) is 5.56 Å². The minimum Gasteiger partial charge on any atom is -0.465 e. The molecule has 1 aromatic rings. The van der Waals surface area contributed by atoms with Crippen LogP contribution in [0, 0.1) is 0 Å². The third-order valence-corrected chi connectivity index (χ3v) is 2.05. The number of carbonyl (C=O) groups is 2. The van der Waals surface area contributed by atoms with Crippen LogP contribution in [0.2, 0.25) is 0 Å². The molecule has 0 aromatic heterocycles. The Morgan fingerprint density at radius 3 is 2.57 bits per heavy atom. The van der Waals surface area contributed by atoms with Gasteiger partial charge in [-0.3, -0.25) is 4.79 Å². The molecule has 74 valence electrons. The molecule has 0 fully saturated rings. The molecule has 0 saturated heterocycles. The Hall–Kier alpha value is -1.55. The monoisotopic (exact) mass is 213 g/mol. The van der Waals surface area contributed by atoms with Gasteiger partial charge in [-0.2, -0.15) is 0 Å². The van der Waals surface area contributed by atoms with Crippen LogP contribution < -0.4 is 0 Å². The molecule has 0 aliphatic carbocycles. The minimum atomic E-state index is -1.19. The van der Waals surface area contributed by atoms with Crippen molar-refractivity contribution in [1.29, 1.82) is 0 Å². The summed E-state index contributed by atoms with van der Waals surface area (Å²) in [5.41, 5.74) is 1.26. The third-order valence-electron chi connectivity index (χ3n) is 2.05. The van der Waals surface area contributed by atoms with E-state index in [9.17, 15) is 9.59 Å². The lowest BCUT2D eigenvalue weighted by Gasteiger charge is -2.06. The molecule has 4 nitrogen and oxygen atoms in total. The molecule has 0 radical (unpaired) electrons. The SMILES string of the molecule is Cl.O=C(O)N1Cc2ccccc2C1=O. The number of benzene rings is 1. The van der Waals surface area contributed by atoms with E-state index in [-0.39, 0.29) is 19.0 Å². The minimum absolute atomic E-state index is 0. The van der Waals surface area contributed by atoms with Gasteiger partial charge in [0.15, 0.2) is 0 Å². The number of amides is 2. The Labute approximate surface area is 86.6 Å². The van der Waals surface area contributed by atoms with Gasteiger partial charge in [-0.15, -0.1) is 12.4 Å². The first-order valence-electron chi connectivity index (χ1n) is 3.83. The highest BCUT2D eigenvalue weighted by molar-refractivity contribution is 6.05. The second-order valence-corrected chi connectivity index (χ2v) is 2.83. The van der Waals surface area contributed by atoms with Gasteiger partial charge in [-0.1, -0.05) is 18.2 Å². The van der Waals surface area contributed by atoms with Gasteiger partial charge in [0.25, 0.3) is 5.91 Å². The van der Waals surface area contributed by atoms with Crippen LogP contribution in [-0.2, 0) is 6.54 Å². The van der Waals surface area contributed by atoms with Gasteiger partial charge in [0.1, 0.15) is 0 Å². The van der Waals surface area contributed by atoms with Crippen LogP contribution in [0.25, 0.3) is 0 Å². The lowest BCUT2D eigenvalue weighted by Crippen LogP contribution is -2.29. The molecule has 0 saturated carbocycles. The predicted molar refractivity (Wildman–Crippen MR) is 51.6 cm³/mol. The van der Waals surface area contributed by atoms with Crippen LogP contribution in [0.1, 0.15) is 15.9 Å². The van der Waals surface area contributed by atoms with Crippen LogP contribution >= 0.6 is 12.4 Å². The number of carboxylic acid groups (broad SMARTS) is 1. The van der Waals surface area contributed by atoms with Gasteiger partial charge in [0, 0.05) is 5.56 Å². The van der Waals surface area contributed by atoms with E-state index in [4.69, 9.17) is 5.11 Å². The topological polar surface area (TPSA) is 57.6 Å². The van der Waals surface area contributed by atoms with E-state index in [1.807, 2.05) is 0 Å². The molecule has 0 atom stereocenters. The van der Waals surface area contributed by atoms with Gasteiger partial charge < -0.3 is 5.11 Å². The lowest BCUT2D eigenvalue weighted by atomic mass is 10.1. The number of imide groups is 1. The number of hydrogen-bond donors (Lipinski definition) is 1. The first-order valence-corrected chi connectivity index (χ1v) is 3.83. The first-order chi connectivity index (χ1) is 6.20. The Morgan fingerprint density at radius 2 is 2.00 bits per heavy atom. The molecule has 2 amide bonds. The van der Waals surface area contributed by atoms with Crippen molar-refractivity contribution < 1.29 is 14.7 Å². The van der Waals surface area contributed by atoms with Crippen molar-refractivity contribution >= 4 is 24.4 Å². The first kappa shape index (κ1) is 10.5. The van der Waals surface area contributed by atoms with Crippen LogP contribution in [0.15, 0.2) is 24.3 Å². The van der Waals surface area contributed by atoms with Crippen LogP contribution in [0.3, 0.4) is 0 Å². The molecule has 1 aliphatic heterocycles.